The lowest BCUT2D eigenvalue weighted by molar-refractivity contribution is 0.0523. The van der Waals surface area contributed by atoms with Gasteiger partial charge in [0.25, 0.3) is 5.91 Å². The first-order valence-electron chi connectivity index (χ1n) is 7.82. The summed E-state index contributed by atoms with van der Waals surface area (Å²) in [5.41, 5.74) is 8.03. The molecule has 0 saturated heterocycles. The van der Waals surface area contributed by atoms with E-state index in [1.807, 2.05) is 13.0 Å². The standard InChI is InChI=1S/C17H25N3O3/c1-10-7-11(9-19-16(22)23-17(2,3)4)8-13(14(10)18)15(21)20-12-5-6-12/h7-8,12H,5-6,9,18H2,1-4H3,(H,19,22)(H,20,21). The van der Waals surface area contributed by atoms with Gasteiger partial charge in [0.15, 0.2) is 0 Å². The second kappa shape index (κ2) is 6.48. The van der Waals surface area contributed by atoms with Crippen molar-refractivity contribution in [2.75, 3.05) is 5.73 Å². The van der Waals surface area contributed by atoms with Gasteiger partial charge in [-0.25, -0.2) is 4.79 Å². The summed E-state index contributed by atoms with van der Waals surface area (Å²) in [5, 5.41) is 5.62. The maximum Gasteiger partial charge on any atom is 0.407 e. The number of amides is 2. The lowest BCUT2D eigenvalue weighted by atomic mass is 10.0. The fourth-order valence-corrected chi connectivity index (χ4v) is 2.14. The van der Waals surface area contributed by atoms with Crippen molar-refractivity contribution in [3.05, 3.63) is 28.8 Å². The molecule has 0 spiro atoms. The lowest BCUT2D eigenvalue weighted by Gasteiger charge is -2.20. The number of aryl methyl sites for hydroxylation is 1. The maximum atomic E-state index is 12.2. The number of benzene rings is 1. The van der Waals surface area contributed by atoms with E-state index >= 15 is 0 Å². The first kappa shape index (κ1) is 17.1. The van der Waals surface area contributed by atoms with Gasteiger partial charge in [0.05, 0.1) is 5.56 Å². The summed E-state index contributed by atoms with van der Waals surface area (Å²) in [6.07, 6.45) is 1.55. The third kappa shape index (κ3) is 5.16. The Morgan fingerprint density at radius 3 is 2.52 bits per heavy atom. The van der Waals surface area contributed by atoms with E-state index in [1.54, 1.807) is 26.8 Å². The molecule has 23 heavy (non-hydrogen) atoms. The van der Waals surface area contributed by atoms with Gasteiger partial charge in [0.1, 0.15) is 5.60 Å². The average Bonchev–Trinajstić information content (AvgIpc) is 3.21. The number of rotatable bonds is 4. The first-order chi connectivity index (χ1) is 10.7. The van der Waals surface area contributed by atoms with E-state index in [0.717, 1.165) is 24.0 Å². The van der Waals surface area contributed by atoms with Gasteiger partial charge in [-0.1, -0.05) is 6.07 Å². The minimum Gasteiger partial charge on any atom is -0.444 e. The summed E-state index contributed by atoms with van der Waals surface area (Å²) < 4.78 is 5.20. The Morgan fingerprint density at radius 2 is 1.96 bits per heavy atom. The summed E-state index contributed by atoms with van der Waals surface area (Å²) in [5.74, 6) is -0.160. The van der Waals surface area contributed by atoms with Crippen molar-refractivity contribution >= 4 is 17.7 Å². The van der Waals surface area contributed by atoms with Gasteiger partial charge in [0, 0.05) is 18.3 Å². The molecule has 0 atom stereocenters. The van der Waals surface area contributed by atoms with E-state index in [9.17, 15) is 9.59 Å². The zero-order valence-electron chi connectivity index (χ0n) is 14.2. The van der Waals surface area contributed by atoms with E-state index < -0.39 is 11.7 Å². The minimum atomic E-state index is -0.545. The number of nitrogens with two attached hydrogens (primary N) is 1. The van der Waals surface area contributed by atoms with Crippen LogP contribution >= 0.6 is 0 Å². The van der Waals surface area contributed by atoms with Crippen molar-refractivity contribution < 1.29 is 14.3 Å². The van der Waals surface area contributed by atoms with Crippen LogP contribution < -0.4 is 16.4 Å². The van der Waals surface area contributed by atoms with Crippen molar-refractivity contribution in [3.8, 4) is 0 Å². The Balaban J connectivity index is 2.05. The Hall–Kier alpha value is -2.24. The summed E-state index contributed by atoms with van der Waals surface area (Å²) in [7, 11) is 0. The van der Waals surface area contributed by atoms with Crippen molar-refractivity contribution in [1.82, 2.24) is 10.6 Å². The van der Waals surface area contributed by atoms with Gasteiger partial charge in [0.2, 0.25) is 0 Å². The predicted octanol–water partition coefficient (Wildman–Crippen LogP) is 2.49. The zero-order chi connectivity index (χ0) is 17.2. The topological polar surface area (TPSA) is 93.4 Å². The molecule has 1 aliphatic carbocycles. The molecular weight excluding hydrogens is 294 g/mol. The molecule has 126 valence electrons. The molecule has 0 heterocycles. The Labute approximate surface area is 136 Å². The number of anilines is 1. The second-order valence-corrected chi connectivity index (χ2v) is 6.98. The van der Waals surface area contributed by atoms with Gasteiger partial charge >= 0.3 is 6.09 Å². The molecule has 1 fully saturated rings. The SMILES string of the molecule is Cc1cc(CNC(=O)OC(C)(C)C)cc(C(=O)NC2CC2)c1N. The molecule has 6 nitrogen and oxygen atoms in total. The first-order valence-corrected chi connectivity index (χ1v) is 7.82. The van der Waals surface area contributed by atoms with E-state index in [0.29, 0.717) is 11.3 Å². The molecule has 4 N–H and O–H groups in total. The number of nitrogens with one attached hydrogen (secondary N) is 2. The summed E-state index contributed by atoms with van der Waals surface area (Å²) in [6, 6.07) is 3.85. The monoisotopic (exact) mass is 319 g/mol. The van der Waals surface area contributed by atoms with Crippen LogP contribution in [-0.4, -0.2) is 23.6 Å². The van der Waals surface area contributed by atoms with E-state index in [-0.39, 0.29) is 18.5 Å². The molecule has 1 aromatic rings. The predicted molar refractivity (Wildman–Crippen MR) is 89.2 cm³/mol. The number of carbonyl (C=O) groups is 2. The molecule has 1 aromatic carbocycles. The van der Waals surface area contributed by atoms with Crippen LogP contribution in [0.2, 0.25) is 0 Å². The summed E-state index contributed by atoms with van der Waals surface area (Å²) in [6.45, 7) is 7.54. The molecule has 0 bridgehead atoms. The number of carbonyl (C=O) groups excluding carboxylic acids is 2. The molecule has 0 aromatic heterocycles. The number of nitrogen functional groups attached to an aromatic ring is 1. The third-order valence-corrected chi connectivity index (χ3v) is 3.44. The van der Waals surface area contributed by atoms with Crippen LogP contribution in [0.4, 0.5) is 10.5 Å². The molecule has 0 unspecified atom stereocenters. The highest BCUT2D eigenvalue weighted by Gasteiger charge is 2.25. The highest BCUT2D eigenvalue weighted by atomic mass is 16.6. The molecule has 2 rings (SSSR count). The Bertz CT molecular complexity index is 616. The van der Waals surface area contributed by atoms with E-state index in [1.165, 1.54) is 0 Å². The summed E-state index contributed by atoms with van der Waals surface area (Å²) in [4.78, 5) is 24.0. The van der Waals surface area contributed by atoms with Gasteiger partial charge < -0.3 is 21.1 Å². The number of hydrogen-bond acceptors (Lipinski definition) is 4. The Kier molecular flexibility index (Phi) is 4.82. The van der Waals surface area contributed by atoms with Crippen molar-refractivity contribution in [1.29, 1.82) is 0 Å². The van der Waals surface area contributed by atoms with Crippen LogP contribution in [0.3, 0.4) is 0 Å². The van der Waals surface area contributed by atoms with Crippen molar-refractivity contribution in [2.24, 2.45) is 0 Å². The van der Waals surface area contributed by atoms with Crippen molar-refractivity contribution in [3.63, 3.8) is 0 Å². The average molecular weight is 319 g/mol. The molecule has 0 aliphatic heterocycles. The van der Waals surface area contributed by atoms with Crippen LogP contribution in [0.1, 0.15) is 55.1 Å². The largest absolute Gasteiger partial charge is 0.444 e. The zero-order valence-corrected chi connectivity index (χ0v) is 14.2. The maximum absolute atomic E-state index is 12.2. The minimum absolute atomic E-state index is 0.160. The van der Waals surface area contributed by atoms with Gasteiger partial charge in [-0.2, -0.15) is 0 Å². The molecule has 6 heteroatoms. The van der Waals surface area contributed by atoms with Crippen molar-refractivity contribution in [2.45, 2.75) is 58.7 Å². The summed E-state index contributed by atoms with van der Waals surface area (Å²) >= 11 is 0. The van der Waals surface area contributed by atoms with Crippen LogP contribution in [0.15, 0.2) is 12.1 Å². The second-order valence-electron chi connectivity index (χ2n) is 6.98. The normalized spacial score (nSPS) is 14.3. The van der Waals surface area contributed by atoms with E-state index in [2.05, 4.69) is 10.6 Å². The van der Waals surface area contributed by atoms with Gasteiger partial charge in [-0.3, -0.25) is 4.79 Å². The fraction of sp³-hybridized carbons (Fsp3) is 0.529. The lowest BCUT2D eigenvalue weighted by Crippen LogP contribution is -2.32. The highest BCUT2D eigenvalue weighted by molar-refractivity contribution is 6.00. The van der Waals surface area contributed by atoms with Gasteiger partial charge in [-0.05, 0) is 57.7 Å². The number of alkyl carbamates (subject to hydrolysis) is 1. The smallest absolute Gasteiger partial charge is 0.407 e. The quantitative estimate of drug-likeness (QED) is 0.743. The Morgan fingerprint density at radius 1 is 1.30 bits per heavy atom. The van der Waals surface area contributed by atoms with E-state index in [4.69, 9.17) is 10.5 Å². The highest BCUT2D eigenvalue weighted by Crippen LogP contribution is 2.23. The number of hydrogen-bond donors (Lipinski definition) is 3. The molecule has 0 radical (unpaired) electrons. The molecule has 2 amide bonds. The molecule has 1 aliphatic rings. The van der Waals surface area contributed by atoms with Gasteiger partial charge in [-0.15, -0.1) is 0 Å². The van der Waals surface area contributed by atoms with Crippen LogP contribution in [0, 0.1) is 6.92 Å². The van der Waals surface area contributed by atoms with Crippen LogP contribution in [0.5, 0.6) is 0 Å². The third-order valence-electron chi connectivity index (χ3n) is 3.44. The molecule has 1 saturated carbocycles. The fourth-order valence-electron chi connectivity index (χ4n) is 2.14. The molecular formula is C17H25N3O3. The number of ether oxygens (including phenoxy) is 1. The van der Waals surface area contributed by atoms with Crippen LogP contribution in [-0.2, 0) is 11.3 Å². The van der Waals surface area contributed by atoms with Crippen LogP contribution in [0.25, 0.3) is 0 Å².